The average Bonchev–Trinajstić information content (AvgIpc) is 2.88. The second kappa shape index (κ2) is 7.51. The molecule has 106 valence electrons. The molecule has 1 aliphatic heterocycles. The fourth-order valence-electron chi connectivity index (χ4n) is 2.49. The van der Waals surface area contributed by atoms with Crippen LogP contribution in [0.3, 0.4) is 0 Å². The molecule has 0 saturated carbocycles. The van der Waals surface area contributed by atoms with Crippen LogP contribution in [0.25, 0.3) is 0 Å². The highest BCUT2D eigenvalue weighted by atomic mass is 35.5. The minimum atomic E-state index is 0. The molecule has 1 atom stereocenters. The van der Waals surface area contributed by atoms with Gasteiger partial charge in [0, 0.05) is 18.7 Å². The van der Waals surface area contributed by atoms with Gasteiger partial charge in [0.15, 0.2) is 0 Å². The smallest absolute Gasteiger partial charge is 0.253 e. The van der Waals surface area contributed by atoms with Gasteiger partial charge in [0.2, 0.25) is 0 Å². The van der Waals surface area contributed by atoms with Gasteiger partial charge in [-0.25, -0.2) is 0 Å². The van der Waals surface area contributed by atoms with E-state index in [1.54, 1.807) is 0 Å². The Hall–Kier alpha value is -1.06. The van der Waals surface area contributed by atoms with Crippen LogP contribution in [0.4, 0.5) is 0 Å². The average molecular weight is 283 g/mol. The molecule has 4 heteroatoms. The number of amides is 1. The standard InChI is InChI=1S/C15H22N2O.ClH/c1-2-3-12-4-6-14(7-5-12)15(18)17-9-8-13(10-16)11-17;/h4-7,13H,2-3,8-11,16H2,1H3;1H. The molecule has 1 amide bonds. The molecule has 1 fully saturated rings. The molecule has 0 spiro atoms. The number of likely N-dealkylation sites (tertiary alicyclic amines) is 1. The fraction of sp³-hybridized carbons (Fsp3) is 0.533. The van der Waals surface area contributed by atoms with Crippen LogP contribution >= 0.6 is 12.4 Å². The molecule has 1 aromatic carbocycles. The lowest BCUT2D eigenvalue weighted by molar-refractivity contribution is 0.0787. The second-order valence-electron chi connectivity index (χ2n) is 5.09. The first kappa shape index (κ1) is 16.0. The van der Waals surface area contributed by atoms with Crippen molar-refractivity contribution < 1.29 is 4.79 Å². The first-order chi connectivity index (χ1) is 8.74. The van der Waals surface area contributed by atoms with Crippen LogP contribution in [0, 0.1) is 5.92 Å². The number of carbonyl (C=O) groups is 1. The maximum absolute atomic E-state index is 12.3. The van der Waals surface area contributed by atoms with Gasteiger partial charge in [-0.1, -0.05) is 25.5 Å². The van der Waals surface area contributed by atoms with Crippen molar-refractivity contribution in [3.63, 3.8) is 0 Å². The zero-order chi connectivity index (χ0) is 13.0. The molecule has 0 radical (unpaired) electrons. The third-order valence-electron chi connectivity index (χ3n) is 3.65. The van der Waals surface area contributed by atoms with Crippen molar-refractivity contribution in [2.45, 2.75) is 26.2 Å². The summed E-state index contributed by atoms with van der Waals surface area (Å²) in [6, 6.07) is 8.02. The minimum absolute atomic E-state index is 0. The number of carbonyl (C=O) groups excluding carboxylic acids is 1. The quantitative estimate of drug-likeness (QED) is 0.922. The molecule has 1 saturated heterocycles. The molecule has 2 rings (SSSR count). The molecule has 0 aliphatic carbocycles. The van der Waals surface area contributed by atoms with Crippen molar-refractivity contribution in [1.29, 1.82) is 0 Å². The maximum atomic E-state index is 12.3. The zero-order valence-electron chi connectivity index (χ0n) is 11.5. The van der Waals surface area contributed by atoms with E-state index >= 15 is 0 Å². The van der Waals surface area contributed by atoms with Gasteiger partial charge in [-0.3, -0.25) is 4.79 Å². The van der Waals surface area contributed by atoms with Crippen molar-refractivity contribution in [3.05, 3.63) is 35.4 Å². The van der Waals surface area contributed by atoms with Crippen molar-refractivity contribution in [2.75, 3.05) is 19.6 Å². The van der Waals surface area contributed by atoms with Gasteiger partial charge < -0.3 is 10.6 Å². The predicted octanol–water partition coefficient (Wildman–Crippen LogP) is 2.48. The monoisotopic (exact) mass is 282 g/mol. The van der Waals surface area contributed by atoms with E-state index in [-0.39, 0.29) is 18.3 Å². The predicted molar refractivity (Wildman–Crippen MR) is 80.7 cm³/mol. The summed E-state index contributed by atoms with van der Waals surface area (Å²) in [5, 5.41) is 0. The summed E-state index contributed by atoms with van der Waals surface area (Å²) >= 11 is 0. The van der Waals surface area contributed by atoms with Crippen LogP contribution in [0.5, 0.6) is 0 Å². The Kier molecular flexibility index (Phi) is 6.32. The Bertz CT molecular complexity index is 405. The highest BCUT2D eigenvalue weighted by Gasteiger charge is 2.25. The summed E-state index contributed by atoms with van der Waals surface area (Å²) in [4.78, 5) is 14.2. The van der Waals surface area contributed by atoms with Crippen LogP contribution in [0.1, 0.15) is 35.7 Å². The third kappa shape index (κ3) is 3.95. The fourth-order valence-corrected chi connectivity index (χ4v) is 2.49. The summed E-state index contributed by atoms with van der Waals surface area (Å²) in [5.41, 5.74) is 7.75. The summed E-state index contributed by atoms with van der Waals surface area (Å²) in [6.45, 7) is 4.50. The van der Waals surface area contributed by atoms with Crippen molar-refractivity contribution >= 4 is 18.3 Å². The van der Waals surface area contributed by atoms with E-state index < -0.39 is 0 Å². The molecule has 1 unspecified atom stereocenters. The first-order valence-electron chi connectivity index (χ1n) is 6.83. The summed E-state index contributed by atoms with van der Waals surface area (Å²) in [7, 11) is 0. The summed E-state index contributed by atoms with van der Waals surface area (Å²) in [5.74, 6) is 0.627. The highest BCUT2D eigenvalue weighted by molar-refractivity contribution is 5.94. The van der Waals surface area contributed by atoms with Gasteiger partial charge in [0.05, 0.1) is 0 Å². The van der Waals surface area contributed by atoms with E-state index in [0.717, 1.165) is 37.9 Å². The lowest BCUT2D eigenvalue weighted by atomic mass is 10.1. The van der Waals surface area contributed by atoms with Crippen LogP contribution in [0.15, 0.2) is 24.3 Å². The van der Waals surface area contributed by atoms with Crippen molar-refractivity contribution in [1.82, 2.24) is 4.90 Å². The third-order valence-corrected chi connectivity index (χ3v) is 3.65. The lowest BCUT2D eigenvalue weighted by Gasteiger charge is -2.16. The van der Waals surface area contributed by atoms with Crippen molar-refractivity contribution in [2.24, 2.45) is 11.7 Å². The molecule has 0 aromatic heterocycles. The molecule has 0 bridgehead atoms. The number of nitrogens with two attached hydrogens (primary N) is 1. The van der Waals surface area contributed by atoms with Crippen LogP contribution < -0.4 is 5.73 Å². The van der Waals surface area contributed by atoms with Crippen LogP contribution in [-0.2, 0) is 6.42 Å². The van der Waals surface area contributed by atoms with Gasteiger partial charge >= 0.3 is 0 Å². The Labute approximate surface area is 121 Å². The van der Waals surface area contributed by atoms with E-state index in [1.165, 1.54) is 5.56 Å². The highest BCUT2D eigenvalue weighted by Crippen LogP contribution is 2.18. The zero-order valence-corrected chi connectivity index (χ0v) is 12.3. The molecular formula is C15H23ClN2O. The molecule has 19 heavy (non-hydrogen) atoms. The number of hydrogen-bond acceptors (Lipinski definition) is 2. The van der Waals surface area contributed by atoms with E-state index in [0.29, 0.717) is 12.5 Å². The normalized spacial score (nSPS) is 18.2. The topological polar surface area (TPSA) is 46.3 Å². The Morgan fingerprint density at radius 3 is 2.58 bits per heavy atom. The van der Waals surface area contributed by atoms with Crippen LogP contribution in [-0.4, -0.2) is 30.4 Å². The molecule has 1 aromatic rings. The van der Waals surface area contributed by atoms with Gasteiger partial charge in [-0.05, 0) is 43.0 Å². The van der Waals surface area contributed by atoms with Gasteiger partial charge in [-0.2, -0.15) is 0 Å². The molecule has 3 nitrogen and oxygen atoms in total. The number of halogens is 1. The Morgan fingerprint density at radius 2 is 2.05 bits per heavy atom. The largest absolute Gasteiger partial charge is 0.338 e. The Morgan fingerprint density at radius 1 is 1.37 bits per heavy atom. The van der Waals surface area contributed by atoms with Gasteiger partial charge in [0.1, 0.15) is 0 Å². The van der Waals surface area contributed by atoms with Gasteiger partial charge in [-0.15, -0.1) is 12.4 Å². The number of hydrogen-bond donors (Lipinski definition) is 1. The lowest BCUT2D eigenvalue weighted by Crippen LogP contribution is -2.29. The number of benzene rings is 1. The van der Waals surface area contributed by atoms with Gasteiger partial charge in [0.25, 0.3) is 5.91 Å². The number of rotatable bonds is 4. The van der Waals surface area contributed by atoms with Crippen molar-refractivity contribution in [3.8, 4) is 0 Å². The van der Waals surface area contributed by atoms with E-state index in [1.807, 2.05) is 17.0 Å². The maximum Gasteiger partial charge on any atom is 0.253 e. The SMILES string of the molecule is CCCc1ccc(C(=O)N2CCC(CN)C2)cc1.Cl. The number of nitrogens with zero attached hydrogens (tertiary/aromatic N) is 1. The van der Waals surface area contributed by atoms with E-state index in [2.05, 4.69) is 19.1 Å². The minimum Gasteiger partial charge on any atom is -0.338 e. The summed E-state index contributed by atoms with van der Waals surface area (Å²) < 4.78 is 0. The summed E-state index contributed by atoms with van der Waals surface area (Å²) in [6.07, 6.45) is 3.25. The second-order valence-corrected chi connectivity index (χ2v) is 5.09. The van der Waals surface area contributed by atoms with Crippen LogP contribution in [0.2, 0.25) is 0 Å². The number of aryl methyl sites for hydroxylation is 1. The molecule has 1 aliphatic rings. The molecular weight excluding hydrogens is 260 g/mol. The van der Waals surface area contributed by atoms with E-state index in [4.69, 9.17) is 5.73 Å². The molecule has 2 N–H and O–H groups in total. The Balaban J connectivity index is 0.00000180. The molecule has 1 heterocycles. The van der Waals surface area contributed by atoms with E-state index in [9.17, 15) is 4.79 Å². The first-order valence-corrected chi connectivity index (χ1v) is 6.83.